The van der Waals surface area contributed by atoms with Crippen molar-refractivity contribution in [2.75, 3.05) is 24.6 Å². The zero-order valence-electron chi connectivity index (χ0n) is 9.27. The van der Waals surface area contributed by atoms with Crippen molar-refractivity contribution in [1.82, 2.24) is 9.97 Å². The summed E-state index contributed by atoms with van der Waals surface area (Å²) in [4.78, 5) is 10.5. The van der Waals surface area contributed by atoms with Crippen LogP contribution in [-0.4, -0.2) is 34.8 Å². The Bertz CT molecular complexity index is 318. The molecule has 0 aliphatic heterocycles. The highest BCUT2D eigenvalue weighted by molar-refractivity contribution is 5.40. The summed E-state index contributed by atoms with van der Waals surface area (Å²) >= 11 is 0. The molecular weight excluding hydrogens is 190 g/mol. The van der Waals surface area contributed by atoms with Crippen LogP contribution in [-0.2, 0) is 0 Å². The third-order valence-corrected chi connectivity index (χ3v) is 2.00. The monoisotopic (exact) mass is 207 g/mol. The second-order valence-electron chi connectivity index (χ2n) is 3.37. The molecule has 0 spiro atoms. The molecule has 0 fully saturated rings. The molecule has 0 unspecified atom stereocenters. The predicted octanol–water partition coefficient (Wildman–Crippen LogP) is 1.08. The lowest BCUT2D eigenvalue weighted by molar-refractivity contribution is 0.302. The van der Waals surface area contributed by atoms with Gasteiger partial charge in [0, 0.05) is 24.8 Å². The third kappa shape index (κ3) is 3.32. The summed E-state index contributed by atoms with van der Waals surface area (Å²) in [6.07, 6.45) is 1.79. The fourth-order valence-electron chi connectivity index (χ4n) is 1.44. The highest BCUT2D eigenvalue weighted by Gasteiger charge is 2.06. The molecule has 4 heteroatoms. The van der Waals surface area contributed by atoms with E-state index < -0.39 is 0 Å². The van der Waals surface area contributed by atoms with Crippen molar-refractivity contribution >= 4 is 5.82 Å². The summed E-state index contributed by atoms with van der Waals surface area (Å²) in [7, 11) is 0. The van der Waals surface area contributed by atoms with Gasteiger partial charge in [-0.05, 0) is 13.8 Å². The lowest BCUT2D eigenvalue weighted by atomic mass is 10.3. The Kier molecular flexibility index (Phi) is 4.24. The quantitative estimate of drug-likeness (QED) is 0.734. The molecule has 1 N–H and O–H groups in total. The Balaban J connectivity index is 2.93. The molecule has 0 saturated carbocycles. The van der Waals surface area contributed by atoms with E-state index in [1.165, 1.54) is 0 Å². The maximum atomic E-state index is 8.94. The van der Waals surface area contributed by atoms with Crippen LogP contribution in [0.25, 0.3) is 0 Å². The molecule has 0 saturated heterocycles. The Hall–Kier alpha value is -1.42. The van der Waals surface area contributed by atoms with E-state index in [0.29, 0.717) is 13.1 Å². The van der Waals surface area contributed by atoms with E-state index in [9.17, 15) is 0 Å². The van der Waals surface area contributed by atoms with Gasteiger partial charge in [-0.2, -0.15) is 0 Å². The first kappa shape index (κ1) is 11.7. The SMILES string of the molecule is C=CCN(CCO)c1cc(C)nc(C)n1. The van der Waals surface area contributed by atoms with E-state index in [0.717, 1.165) is 17.3 Å². The summed E-state index contributed by atoms with van der Waals surface area (Å²) in [5.74, 6) is 1.59. The van der Waals surface area contributed by atoms with Gasteiger partial charge in [0.1, 0.15) is 11.6 Å². The average Bonchev–Trinajstić information content (AvgIpc) is 2.16. The molecule has 1 heterocycles. The Morgan fingerprint density at radius 3 is 2.73 bits per heavy atom. The van der Waals surface area contributed by atoms with Gasteiger partial charge < -0.3 is 10.0 Å². The highest BCUT2D eigenvalue weighted by Crippen LogP contribution is 2.11. The van der Waals surface area contributed by atoms with Gasteiger partial charge in [0.25, 0.3) is 0 Å². The molecule has 0 aromatic carbocycles. The number of anilines is 1. The van der Waals surface area contributed by atoms with Gasteiger partial charge in [0.15, 0.2) is 0 Å². The number of aliphatic hydroxyl groups excluding tert-OH is 1. The fraction of sp³-hybridized carbons (Fsp3) is 0.455. The van der Waals surface area contributed by atoms with Crippen LogP contribution >= 0.6 is 0 Å². The first-order chi connectivity index (χ1) is 7.17. The number of aliphatic hydroxyl groups is 1. The molecular formula is C11H17N3O. The highest BCUT2D eigenvalue weighted by atomic mass is 16.3. The standard InChI is InChI=1S/C11H17N3O/c1-4-5-14(6-7-15)11-8-9(2)12-10(3)13-11/h4,8,15H,1,5-7H2,2-3H3. The minimum absolute atomic E-state index is 0.107. The maximum absolute atomic E-state index is 8.94. The fourth-order valence-corrected chi connectivity index (χ4v) is 1.44. The molecule has 82 valence electrons. The van der Waals surface area contributed by atoms with Gasteiger partial charge >= 0.3 is 0 Å². The molecule has 0 aliphatic rings. The summed E-state index contributed by atoms with van der Waals surface area (Å²) in [6, 6.07) is 1.91. The van der Waals surface area contributed by atoms with Gasteiger partial charge in [0.2, 0.25) is 0 Å². The number of aryl methyl sites for hydroxylation is 2. The number of hydrogen-bond acceptors (Lipinski definition) is 4. The molecule has 0 amide bonds. The van der Waals surface area contributed by atoms with Crippen LogP contribution in [0.3, 0.4) is 0 Å². The summed E-state index contributed by atoms with van der Waals surface area (Å²) in [6.45, 7) is 8.82. The summed E-state index contributed by atoms with van der Waals surface area (Å²) in [5, 5.41) is 8.94. The number of hydrogen-bond donors (Lipinski definition) is 1. The van der Waals surface area contributed by atoms with Crippen molar-refractivity contribution in [2.45, 2.75) is 13.8 Å². The molecule has 1 aromatic heterocycles. The number of aromatic nitrogens is 2. The van der Waals surface area contributed by atoms with Crippen molar-refractivity contribution in [3.8, 4) is 0 Å². The minimum Gasteiger partial charge on any atom is -0.395 e. The molecule has 4 nitrogen and oxygen atoms in total. The van der Waals surface area contributed by atoms with Crippen LogP contribution in [0, 0.1) is 13.8 Å². The van der Waals surface area contributed by atoms with Crippen LogP contribution in [0.15, 0.2) is 18.7 Å². The van der Waals surface area contributed by atoms with Crippen LogP contribution < -0.4 is 4.90 Å². The van der Waals surface area contributed by atoms with E-state index in [2.05, 4.69) is 16.5 Å². The van der Waals surface area contributed by atoms with E-state index in [-0.39, 0.29) is 6.61 Å². The van der Waals surface area contributed by atoms with Crippen LogP contribution in [0.4, 0.5) is 5.82 Å². The molecule has 0 radical (unpaired) electrons. The molecule has 1 aromatic rings. The van der Waals surface area contributed by atoms with Crippen molar-refractivity contribution in [3.05, 3.63) is 30.2 Å². The van der Waals surface area contributed by atoms with Crippen molar-refractivity contribution < 1.29 is 5.11 Å². The Morgan fingerprint density at radius 1 is 1.47 bits per heavy atom. The second kappa shape index (κ2) is 5.46. The number of rotatable bonds is 5. The van der Waals surface area contributed by atoms with Crippen LogP contribution in [0.1, 0.15) is 11.5 Å². The Morgan fingerprint density at radius 2 is 2.20 bits per heavy atom. The van der Waals surface area contributed by atoms with Crippen molar-refractivity contribution in [1.29, 1.82) is 0 Å². The first-order valence-corrected chi connectivity index (χ1v) is 4.96. The third-order valence-electron chi connectivity index (χ3n) is 2.00. The zero-order valence-corrected chi connectivity index (χ0v) is 9.27. The molecule has 0 aliphatic carbocycles. The minimum atomic E-state index is 0.107. The van der Waals surface area contributed by atoms with Crippen molar-refractivity contribution in [3.63, 3.8) is 0 Å². The topological polar surface area (TPSA) is 49.2 Å². The summed E-state index contributed by atoms with van der Waals surface area (Å²) < 4.78 is 0. The summed E-state index contributed by atoms with van der Waals surface area (Å²) in [5.41, 5.74) is 0.935. The van der Waals surface area contributed by atoms with Gasteiger partial charge in [-0.3, -0.25) is 0 Å². The smallest absolute Gasteiger partial charge is 0.132 e. The van der Waals surface area contributed by atoms with E-state index in [1.54, 1.807) is 6.08 Å². The largest absolute Gasteiger partial charge is 0.395 e. The van der Waals surface area contributed by atoms with Crippen molar-refractivity contribution in [2.24, 2.45) is 0 Å². The van der Waals surface area contributed by atoms with Crippen LogP contribution in [0.5, 0.6) is 0 Å². The molecule has 1 rings (SSSR count). The predicted molar refractivity (Wildman–Crippen MR) is 61.0 cm³/mol. The van der Waals surface area contributed by atoms with Gasteiger partial charge in [0.05, 0.1) is 6.61 Å². The zero-order chi connectivity index (χ0) is 11.3. The van der Waals surface area contributed by atoms with Gasteiger partial charge in [-0.1, -0.05) is 6.08 Å². The van der Waals surface area contributed by atoms with Crippen LogP contribution in [0.2, 0.25) is 0 Å². The average molecular weight is 207 g/mol. The van der Waals surface area contributed by atoms with Gasteiger partial charge in [-0.15, -0.1) is 6.58 Å². The van der Waals surface area contributed by atoms with Gasteiger partial charge in [-0.25, -0.2) is 9.97 Å². The lowest BCUT2D eigenvalue weighted by Crippen LogP contribution is -2.28. The number of nitrogens with zero attached hydrogens (tertiary/aromatic N) is 3. The normalized spacial score (nSPS) is 10.1. The van der Waals surface area contributed by atoms with E-state index >= 15 is 0 Å². The molecule has 15 heavy (non-hydrogen) atoms. The van der Waals surface area contributed by atoms with E-state index in [4.69, 9.17) is 5.11 Å². The Labute approximate surface area is 90.3 Å². The second-order valence-corrected chi connectivity index (χ2v) is 3.37. The first-order valence-electron chi connectivity index (χ1n) is 4.96. The lowest BCUT2D eigenvalue weighted by Gasteiger charge is -2.21. The van der Waals surface area contributed by atoms with E-state index in [1.807, 2.05) is 24.8 Å². The maximum Gasteiger partial charge on any atom is 0.132 e. The molecule has 0 atom stereocenters. The molecule has 0 bridgehead atoms.